The minimum atomic E-state index is -3.74. The summed E-state index contributed by atoms with van der Waals surface area (Å²) in [6.45, 7) is 2.01. The number of amides is 1. The number of anilines is 2. The predicted octanol–water partition coefficient (Wildman–Crippen LogP) is 4.74. The molecule has 0 saturated heterocycles. The van der Waals surface area contributed by atoms with E-state index in [1.54, 1.807) is 30.3 Å². The Morgan fingerprint density at radius 2 is 1.77 bits per heavy atom. The molecule has 1 atom stereocenters. The van der Waals surface area contributed by atoms with E-state index in [9.17, 15) is 13.2 Å². The minimum Gasteiger partial charge on any atom is -0.490 e. The fourth-order valence-electron chi connectivity index (χ4n) is 3.93. The zero-order valence-corrected chi connectivity index (χ0v) is 20.0. The Morgan fingerprint density at radius 3 is 2.51 bits per heavy atom. The molecular weight excluding hydrogens is 466 g/mol. The number of fused-ring (bicyclic) bond motifs is 1. The molecule has 178 valence electrons. The van der Waals surface area contributed by atoms with Crippen LogP contribution in [0.5, 0.6) is 5.75 Å². The van der Waals surface area contributed by atoms with Crippen molar-refractivity contribution in [1.82, 2.24) is 5.16 Å². The number of para-hydroxylation sites is 1. The van der Waals surface area contributed by atoms with Crippen LogP contribution < -0.4 is 14.4 Å². The van der Waals surface area contributed by atoms with Crippen molar-refractivity contribution in [2.75, 3.05) is 16.7 Å². The molecular formula is C26H23N3O5S. The van der Waals surface area contributed by atoms with E-state index in [0.29, 0.717) is 17.1 Å². The molecule has 0 spiro atoms. The molecule has 1 aliphatic rings. The van der Waals surface area contributed by atoms with E-state index in [1.165, 1.54) is 35.6 Å². The van der Waals surface area contributed by atoms with Gasteiger partial charge in [-0.3, -0.25) is 9.10 Å². The van der Waals surface area contributed by atoms with Crippen LogP contribution >= 0.6 is 0 Å². The summed E-state index contributed by atoms with van der Waals surface area (Å²) in [5.74, 6) is 0.872. The van der Waals surface area contributed by atoms with Crippen LogP contribution in [-0.4, -0.2) is 32.6 Å². The molecule has 0 saturated carbocycles. The molecule has 8 nitrogen and oxygen atoms in total. The fraction of sp³-hybridized carbons (Fsp3) is 0.154. The summed E-state index contributed by atoms with van der Waals surface area (Å²) in [5.41, 5.74) is 3.00. The van der Waals surface area contributed by atoms with Gasteiger partial charge in [0.1, 0.15) is 11.9 Å². The Morgan fingerprint density at radius 1 is 1.03 bits per heavy atom. The molecule has 1 aliphatic heterocycles. The number of hydrogen-bond donors (Lipinski definition) is 1. The number of carbonyl (C=O) groups excluding carboxylic acids is 1. The van der Waals surface area contributed by atoms with E-state index >= 15 is 0 Å². The van der Waals surface area contributed by atoms with Gasteiger partial charge in [-0.05, 0) is 67.1 Å². The van der Waals surface area contributed by atoms with Crippen molar-refractivity contribution in [3.8, 4) is 17.1 Å². The number of sulfonamides is 1. The highest BCUT2D eigenvalue weighted by molar-refractivity contribution is 7.92. The van der Waals surface area contributed by atoms with Gasteiger partial charge in [-0.15, -0.1) is 0 Å². The summed E-state index contributed by atoms with van der Waals surface area (Å²) in [6, 6.07) is 22.1. The van der Waals surface area contributed by atoms with Gasteiger partial charge in [0, 0.05) is 30.8 Å². The number of benzene rings is 3. The first-order valence-electron chi connectivity index (χ1n) is 11.0. The minimum absolute atomic E-state index is 0.112. The van der Waals surface area contributed by atoms with Crippen molar-refractivity contribution >= 4 is 27.3 Å². The number of hydrogen-bond acceptors (Lipinski definition) is 6. The zero-order valence-electron chi connectivity index (χ0n) is 19.1. The lowest BCUT2D eigenvalue weighted by atomic mass is 10.1. The molecule has 9 heteroatoms. The number of nitrogens with one attached hydrogen (secondary N) is 1. The van der Waals surface area contributed by atoms with Crippen LogP contribution in [0.4, 0.5) is 11.4 Å². The van der Waals surface area contributed by atoms with Crippen LogP contribution in [0.15, 0.2) is 88.3 Å². The van der Waals surface area contributed by atoms with Gasteiger partial charge in [-0.2, -0.15) is 0 Å². The maximum atomic E-state index is 12.9. The molecule has 3 aromatic carbocycles. The molecule has 0 radical (unpaired) electrons. The van der Waals surface area contributed by atoms with Gasteiger partial charge >= 0.3 is 0 Å². The lowest BCUT2D eigenvalue weighted by molar-refractivity contribution is 0.101. The Bertz CT molecular complexity index is 1480. The second-order valence-corrected chi connectivity index (χ2v) is 10.3. The topological polar surface area (TPSA) is 102 Å². The molecule has 0 unspecified atom stereocenters. The highest BCUT2D eigenvalue weighted by atomic mass is 32.2. The fourth-order valence-corrected chi connectivity index (χ4v) is 5.13. The number of carbonyl (C=O) groups is 1. The van der Waals surface area contributed by atoms with Crippen molar-refractivity contribution < 1.29 is 22.5 Å². The van der Waals surface area contributed by atoms with E-state index in [4.69, 9.17) is 9.26 Å². The summed E-state index contributed by atoms with van der Waals surface area (Å²) in [7, 11) is -2.24. The molecule has 2 heterocycles. The number of aromatic nitrogens is 1. The van der Waals surface area contributed by atoms with Crippen LogP contribution in [0.1, 0.15) is 23.0 Å². The summed E-state index contributed by atoms with van der Waals surface area (Å²) < 4.78 is 38.2. The lowest BCUT2D eigenvalue weighted by Crippen LogP contribution is -2.26. The van der Waals surface area contributed by atoms with Gasteiger partial charge in [0.05, 0.1) is 10.6 Å². The van der Waals surface area contributed by atoms with Crippen LogP contribution in [0.2, 0.25) is 0 Å². The van der Waals surface area contributed by atoms with E-state index < -0.39 is 15.9 Å². The van der Waals surface area contributed by atoms with Gasteiger partial charge in [-0.1, -0.05) is 23.4 Å². The Balaban J connectivity index is 1.28. The molecule has 1 amide bonds. The monoisotopic (exact) mass is 489 g/mol. The van der Waals surface area contributed by atoms with Gasteiger partial charge in [0.25, 0.3) is 15.9 Å². The summed E-state index contributed by atoms with van der Waals surface area (Å²) in [5, 5.41) is 6.61. The van der Waals surface area contributed by atoms with Gasteiger partial charge in [0.2, 0.25) is 0 Å². The van der Waals surface area contributed by atoms with Crippen molar-refractivity contribution in [3.05, 3.63) is 90.1 Å². The Hall–Kier alpha value is -4.11. The molecule has 1 N–H and O–H groups in total. The summed E-state index contributed by atoms with van der Waals surface area (Å²) >= 11 is 0. The highest BCUT2D eigenvalue weighted by Gasteiger charge is 2.22. The average molecular weight is 490 g/mol. The number of nitrogens with zero attached hydrogens (tertiary/aromatic N) is 2. The maximum absolute atomic E-state index is 12.9. The van der Waals surface area contributed by atoms with E-state index in [1.807, 2.05) is 31.2 Å². The van der Waals surface area contributed by atoms with Crippen molar-refractivity contribution in [2.24, 2.45) is 0 Å². The normalized spacial score (nSPS) is 14.7. The Labute approximate surface area is 203 Å². The average Bonchev–Trinajstić information content (AvgIpc) is 3.50. The van der Waals surface area contributed by atoms with Crippen LogP contribution in [0, 0.1) is 0 Å². The van der Waals surface area contributed by atoms with Crippen molar-refractivity contribution in [2.45, 2.75) is 24.3 Å². The molecule has 1 aromatic heterocycles. The number of ether oxygens (including phenoxy) is 1. The van der Waals surface area contributed by atoms with Crippen LogP contribution in [0.3, 0.4) is 0 Å². The third kappa shape index (κ3) is 4.50. The molecule has 0 bridgehead atoms. The third-order valence-corrected chi connectivity index (χ3v) is 7.61. The van der Waals surface area contributed by atoms with E-state index in [0.717, 1.165) is 23.3 Å². The zero-order chi connectivity index (χ0) is 24.6. The second-order valence-electron chi connectivity index (χ2n) is 8.32. The largest absolute Gasteiger partial charge is 0.490 e. The first-order chi connectivity index (χ1) is 16.8. The number of rotatable bonds is 6. The molecule has 35 heavy (non-hydrogen) atoms. The van der Waals surface area contributed by atoms with Crippen molar-refractivity contribution in [3.63, 3.8) is 0 Å². The summed E-state index contributed by atoms with van der Waals surface area (Å²) in [4.78, 5) is 12.8. The molecule has 4 aromatic rings. The predicted molar refractivity (Wildman–Crippen MR) is 132 cm³/mol. The van der Waals surface area contributed by atoms with Gasteiger partial charge in [0.15, 0.2) is 11.5 Å². The van der Waals surface area contributed by atoms with Gasteiger partial charge < -0.3 is 14.6 Å². The first kappa shape index (κ1) is 22.7. The quantitative estimate of drug-likeness (QED) is 0.420. The second kappa shape index (κ2) is 8.92. The molecule has 0 aliphatic carbocycles. The van der Waals surface area contributed by atoms with Crippen LogP contribution in [-0.2, 0) is 16.4 Å². The van der Waals surface area contributed by atoms with Crippen LogP contribution in [0.25, 0.3) is 11.3 Å². The van der Waals surface area contributed by atoms with Crippen molar-refractivity contribution in [1.29, 1.82) is 0 Å². The SMILES string of the molecule is C[C@@H]1Cc2cc(-c3cc(C(=O)Nc4ccc(S(=O)(=O)N(C)c5ccccc5)cc4)no3)ccc2O1. The molecule has 0 fully saturated rings. The summed E-state index contributed by atoms with van der Waals surface area (Å²) in [6.07, 6.45) is 0.953. The van der Waals surface area contributed by atoms with E-state index in [-0.39, 0.29) is 16.7 Å². The van der Waals surface area contributed by atoms with E-state index in [2.05, 4.69) is 10.5 Å². The van der Waals surface area contributed by atoms with Gasteiger partial charge in [-0.25, -0.2) is 8.42 Å². The smallest absolute Gasteiger partial charge is 0.277 e. The first-order valence-corrected chi connectivity index (χ1v) is 12.5. The molecule has 5 rings (SSSR count). The maximum Gasteiger partial charge on any atom is 0.277 e. The third-order valence-electron chi connectivity index (χ3n) is 5.81. The highest BCUT2D eigenvalue weighted by Crippen LogP contribution is 2.33. The standard InChI is InChI=1S/C26H23N3O5S/c1-17-14-19-15-18(8-13-24(19)33-17)25-16-23(28-34-25)26(30)27-20-9-11-22(12-10-20)35(31,32)29(2)21-6-4-3-5-7-21/h3-13,15-17H,14H2,1-2H3,(H,27,30)/t17-/m1/s1. The lowest BCUT2D eigenvalue weighted by Gasteiger charge is -2.19. The Kier molecular flexibility index (Phi) is 5.78.